The van der Waals surface area contributed by atoms with Crippen LogP contribution in [0.5, 0.6) is 0 Å². The third-order valence-electron chi connectivity index (χ3n) is 6.17. The number of carbonyl (C=O) groups is 2. The minimum atomic E-state index is -3.05. The topological polar surface area (TPSA) is 105 Å². The van der Waals surface area contributed by atoms with Crippen LogP contribution in [0.4, 0.5) is 4.79 Å². The fourth-order valence-electron chi connectivity index (χ4n) is 5.14. The second-order valence-electron chi connectivity index (χ2n) is 9.59. The van der Waals surface area contributed by atoms with Crippen molar-refractivity contribution in [2.45, 2.75) is 69.4 Å². The van der Waals surface area contributed by atoms with E-state index >= 15 is 0 Å². The van der Waals surface area contributed by atoms with Gasteiger partial charge in [0.05, 0.1) is 17.5 Å². The molecule has 8 nitrogen and oxygen atoms in total. The second kappa shape index (κ2) is 7.44. The Bertz CT molecular complexity index is 835. The Kier molecular flexibility index (Phi) is 5.38. The van der Waals surface area contributed by atoms with Crippen molar-refractivity contribution in [2.24, 2.45) is 16.8 Å². The van der Waals surface area contributed by atoms with E-state index in [1.54, 1.807) is 20.8 Å². The summed E-state index contributed by atoms with van der Waals surface area (Å²) in [6, 6.07) is 0.176. The first-order valence-corrected chi connectivity index (χ1v) is 12.9. The van der Waals surface area contributed by atoms with E-state index in [9.17, 15) is 18.0 Å². The van der Waals surface area contributed by atoms with Crippen molar-refractivity contribution in [3.8, 4) is 0 Å². The Morgan fingerprint density at radius 3 is 2.59 bits per heavy atom. The Balaban J connectivity index is 1.46. The minimum Gasteiger partial charge on any atom is -0.444 e. The number of aliphatic imine (C=N–C) groups is 1. The smallest absolute Gasteiger partial charge is 0.408 e. The van der Waals surface area contributed by atoms with Gasteiger partial charge in [0.25, 0.3) is 5.91 Å². The molecule has 29 heavy (non-hydrogen) atoms. The van der Waals surface area contributed by atoms with E-state index in [1.165, 1.54) is 31.0 Å². The van der Waals surface area contributed by atoms with Crippen LogP contribution in [0.15, 0.2) is 4.99 Å². The lowest BCUT2D eigenvalue weighted by Gasteiger charge is -2.36. The summed E-state index contributed by atoms with van der Waals surface area (Å²) >= 11 is 1.41. The molecule has 0 aromatic carbocycles. The molecule has 4 fully saturated rings. The molecule has 10 heteroatoms. The van der Waals surface area contributed by atoms with E-state index in [0.29, 0.717) is 17.0 Å². The van der Waals surface area contributed by atoms with Crippen molar-refractivity contribution >= 4 is 38.8 Å². The maximum absolute atomic E-state index is 12.4. The lowest BCUT2D eigenvalue weighted by molar-refractivity contribution is -0.117. The number of hydrogen-bond acceptors (Lipinski definition) is 6. The zero-order valence-corrected chi connectivity index (χ0v) is 18.7. The van der Waals surface area contributed by atoms with Crippen LogP contribution < -0.4 is 5.32 Å². The van der Waals surface area contributed by atoms with E-state index < -0.39 is 27.4 Å². The molecular formula is C19H29N3O5S2. The fourth-order valence-corrected chi connectivity index (χ4v) is 9.13. The van der Waals surface area contributed by atoms with Gasteiger partial charge >= 0.3 is 6.09 Å². The number of ether oxygens (including phenoxy) is 1. The number of hydrogen-bond donors (Lipinski definition) is 1. The number of rotatable bonds is 3. The summed E-state index contributed by atoms with van der Waals surface area (Å²) in [5.74, 6) is 1.10. The van der Waals surface area contributed by atoms with Crippen molar-refractivity contribution < 1.29 is 22.7 Å². The summed E-state index contributed by atoms with van der Waals surface area (Å²) in [5, 5.41) is 3.01. The molecule has 2 aliphatic heterocycles. The van der Waals surface area contributed by atoms with Crippen LogP contribution in [0.1, 0.15) is 46.5 Å². The quantitative estimate of drug-likeness (QED) is 0.709. The highest BCUT2D eigenvalue weighted by Gasteiger charge is 2.54. The molecule has 0 radical (unpaired) electrons. The van der Waals surface area contributed by atoms with E-state index in [0.717, 1.165) is 6.42 Å². The Hall–Kier alpha value is -1.29. The van der Waals surface area contributed by atoms with Gasteiger partial charge in [-0.3, -0.25) is 4.79 Å². The lowest BCUT2D eigenvalue weighted by Crippen LogP contribution is -2.47. The fraction of sp³-hybridized carbons (Fsp3) is 0.842. The third-order valence-corrected chi connectivity index (χ3v) is 9.39. The lowest BCUT2D eigenvalue weighted by atomic mass is 9.93. The number of nitrogens with one attached hydrogen (secondary N) is 1. The van der Waals surface area contributed by atoms with Gasteiger partial charge < -0.3 is 15.0 Å². The Labute approximate surface area is 176 Å². The van der Waals surface area contributed by atoms with Crippen molar-refractivity contribution in [1.29, 1.82) is 0 Å². The molecule has 2 saturated carbocycles. The van der Waals surface area contributed by atoms with Gasteiger partial charge in [0.2, 0.25) is 0 Å². The van der Waals surface area contributed by atoms with Crippen LogP contribution in [0, 0.1) is 11.8 Å². The first-order chi connectivity index (χ1) is 13.5. The van der Waals surface area contributed by atoms with Crippen LogP contribution in [0.2, 0.25) is 0 Å². The predicted molar refractivity (Wildman–Crippen MR) is 112 cm³/mol. The summed E-state index contributed by atoms with van der Waals surface area (Å²) in [6.45, 7) is 5.02. The molecule has 5 atom stereocenters. The molecule has 4 rings (SSSR count). The zero-order chi connectivity index (χ0) is 21.0. The van der Waals surface area contributed by atoms with Gasteiger partial charge in [-0.05, 0) is 51.9 Å². The molecule has 0 aromatic heterocycles. The van der Waals surface area contributed by atoms with Gasteiger partial charge in [-0.2, -0.15) is 4.99 Å². The molecule has 4 aliphatic rings. The number of nitrogens with zero attached hydrogens (tertiary/aromatic N) is 2. The molecule has 2 saturated heterocycles. The normalized spacial score (nSPS) is 36.4. The van der Waals surface area contributed by atoms with Crippen LogP contribution >= 0.6 is 11.8 Å². The van der Waals surface area contributed by atoms with E-state index in [1.807, 2.05) is 0 Å². The first-order valence-electron chi connectivity index (χ1n) is 10.2. The van der Waals surface area contributed by atoms with Gasteiger partial charge in [-0.15, -0.1) is 0 Å². The number of amides is 2. The zero-order valence-electron chi connectivity index (χ0n) is 17.1. The number of amidine groups is 1. The van der Waals surface area contributed by atoms with E-state index in [4.69, 9.17) is 4.74 Å². The molecule has 162 valence electrons. The molecule has 1 N–H and O–H groups in total. The second-order valence-corrected chi connectivity index (χ2v) is 13.0. The maximum atomic E-state index is 12.4. The first kappa shape index (κ1) is 21.0. The van der Waals surface area contributed by atoms with Crippen molar-refractivity contribution in [3.05, 3.63) is 0 Å². The average Bonchev–Trinajstić information content (AvgIpc) is 3.30. The minimum absolute atomic E-state index is 0.0653. The molecule has 0 unspecified atom stereocenters. The highest BCUT2D eigenvalue weighted by molar-refractivity contribution is 8.15. The molecule has 0 spiro atoms. The standard InChI is InChI=1S/C19H29N3O5S2/c1-19(2,3)27-18(24)20-8-16(23)21-17-22(13-7-11-4-5-12(13)6-11)14-9-29(25,26)10-15(14)28-17/h11-15H,4-10H2,1-3H3,(H,20,24)/t11-,12-,13+,14-,15+/m0/s1. The number of fused-ring (bicyclic) bond motifs is 3. The number of carbonyl (C=O) groups excluding carboxylic acids is 2. The largest absolute Gasteiger partial charge is 0.444 e. The third kappa shape index (κ3) is 4.57. The summed E-state index contributed by atoms with van der Waals surface area (Å²) in [7, 11) is -3.05. The van der Waals surface area contributed by atoms with Gasteiger partial charge in [0.1, 0.15) is 12.1 Å². The van der Waals surface area contributed by atoms with E-state index in [2.05, 4.69) is 15.2 Å². The van der Waals surface area contributed by atoms with Crippen LogP contribution in [0.25, 0.3) is 0 Å². The maximum Gasteiger partial charge on any atom is 0.408 e. The predicted octanol–water partition coefficient (Wildman–Crippen LogP) is 1.80. The average molecular weight is 444 g/mol. The van der Waals surface area contributed by atoms with Crippen molar-refractivity contribution in [2.75, 3.05) is 18.1 Å². The molecule has 2 aliphatic carbocycles. The van der Waals surface area contributed by atoms with Gasteiger partial charge in [-0.25, -0.2) is 13.2 Å². The van der Waals surface area contributed by atoms with Crippen molar-refractivity contribution in [1.82, 2.24) is 10.2 Å². The van der Waals surface area contributed by atoms with Gasteiger partial charge in [-0.1, -0.05) is 18.2 Å². The SMILES string of the molecule is CC(C)(C)OC(=O)NCC(=O)N=C1S[C@@H]2CS(=O)(=O)C[C@@H]2N1[C@@H]1C[C@H]2CC[C@H]1C2. The molecule has 2 amide bonds. The molecular weight excluding hydrogens is 414 g/mol. The number of thioether (sulfide) groups is 1. The van der Waals surface area contributed by atoms with Crippen LogP contribution in [-0.4, -0.2) is 71.5 Å². The Morgan fingerprint density at radius 2 is 1.97 bits per heavy atom. The summed E-state index contributed by atoms with van der Waals surface area (Å²) in [5.41, 5.74) is -0.637. The van der Waals surface area contributed by atoms with Crippen LogP contribution in [0.3, 0.4) is 0 Å². The van der Waals surface area contributed by atoms with Gasteiger partial charge in [0.15, 0.2) is 15.0 Å². The summed E-state index contributed by atoms with van der Waals surface area (Å²) in [6.07, 6.45) is 4.01. The van der Waals surface area contributed by atoms with E-state index in [-0.39, 0.29) is 35.4 Å². The number of alkyl carbamates (subject to hydrolysis) is 1. The highest BCUT2D eigenvalue weighted by Crippen LogP contribution is 2.51. The Morgan fingerprint density at radius 1 is 1.21 bits per heavy atom. The van der Waals surface area contributed by atoms with Crippen LogP contribution in [-0.2, 0) is 19.4 Å². The molecule has 2 bridgehead atoms. The number of sulfone groups is 1. The molecule has 0 aromatic rings. The summed E-state index contributed by atoms with van der Waals surface area (Å²) in [4.78, 5) is 30.6. The molecule has 2 heterocycles. The van der Waals surface area contributed by atoms with Crippen molar-refractivity contribution in [3.63, 3.8) is 0 Å². The highest BCUT2D eigenvalue weighted by atomic mass is 32.2. The van der Waals surface area contributed by atoms with Gasteiger partial charge in [0, 0.05) is 11.3 Å². The summed E-state index contributed by atoms with van der Waals surface area (Å²) < 4.78 is 29.5. The monoisotopic (exact) mass is 443 g/mol.